The zero-order valence-corrected chi connectivity index (χ0v) is 39.5. The highest BCUT2D eigenvalue weighted by molar-refractivity contribution is 6.39. The van der Waals surface area contributed by atoms with Gasteiger partial charge in [0.05, 0.1) is 24.4 Å². The van der Waals surface area contributed by atoms with Crippen molar-refractivity contribution in [3.05, 3.63) is 47.6 Å². The highest BCUT2D eigenvalue weighted by Crippen LogP contribution is 2.45. The van der Waals surface area contributed by atoms with E-state index in [0.29, 0.717) is 69.8 Å². The largest absolute Gasteiger partial charge is 0.460 e. The smallest absolute Gasteiger partial charge is 0.329 e. The third kappa shape index (κ3) is 12.0. The van der Waals surface area contributed by atoms with Gasteiger partial charge in [-0.3, -0.25) is 19.2 Å². The second-order valence-corrected chi connectivity index (χ2v) is 19.5. The van der Waals surface area contributed by atoms with Gasteiger partial charge < -0.3 is 43.9 Å². The molecule has 4 fully saturated rings. The molecule has 0 aromatic carbocycles. The van der Waals surface area contributed by atoms with Crippen LogP contribution in [0.4, 0.5) is 0 Å². The molecule has 64 heavy (non-hydrogen) atoms. The van der Waals surface area contributed by atoms with Crippen LogP contribution in [0, 0.1) is 41.4 Å². The van der Waals surface area contributed by atoms with Crippen LogP contribution in [0.3, 0.4) is 0 Å². The van der Waals surface area contributed by atoms with Gasteiger partial charge >= 0.3 is 5.97 Å². The summed E-state index contributed by atoms with van der Waals surface area (Å²) in [7, 11) is 4.52. The molecule has 5 aliphatic rings. The molecule has 6 bridgehead atoms. The molecule has 0 spiro atoms. The number of esters is 1. The van der Waals surface area contributed by atoms with E-state index in [9.17, 15) is 39.3 Å². The molecule has 5 rings (SSSR count). The zero-order valence-electron chi connectivity index (χ0n) is 39.5. The number of rotatable bonds is 5. The molecule has 1 amide bonds. The molecule has 1 aliphatic carbocycles. The average Bonchev–Trinajstić information content (AvgIpc) is 3.27. The number of carbonyl (C=O) groups excluding carboxylic acids is 5. The van der Waals surface area contributed by atoms with Crippen LogP contribution in [0.5, 0.6) is 0 Å². The van der Waals surface area contributed by atoms with E-state index in [-0.39, 0.29) is 42.5 Å². The third-order valence-electron chi connectivity index (χ3n) is 14.9. The molecule has 0 aromatic heterocycles. The number of hydrogen-bond donors (Lipinski definition) is 3. The van der Waals surface area contributed by atoms with Gasteiger partial charge in [0.15, 0.2) is 5.78 Å². The lowest BCUT2D eigenvalue weighted by atomic mass is 9.68. The lowest BCUT2D eigenvalue weighted by molar-refractivity contribution is -0.266. The van der Waals surface area contributed by atoms with Gasteiger partial charge in [-0.15, -0.1) is 0 Å². The summed E-state index contributed by atoms with van der Waals surface area (Å²) in [6, 6.07) is -1.12. The summed E-state index contributed by atoms with van der Waals surface area (Å²) >= 11 is 0. The summed E-state index contributed by atoms with van der Waals surface area (Å²) < 4.78 is 29.4. The lowest BCUT2D eigenvalue weighted by Gasteiger charge is -2.50. The fourth-order valence-corrected chi connectivity index (χ4v) is 10.9. The number of fused-ring (bicyclic) bond motifs is 3. The molecule has 3 N–H and O–H groups in total. The minimum Gasteiger partial charge on any atom is -0.460 e. The van der Waals surface area contributed by atoms with Crippen molar-refractivity contribution in [3.8, 4) is 0 Å². The molecule has 4 aliphatic heterocycles. The van der Waals surface area contributed by atoms with Gasteiger partial charge in [-0.2, -0.15) is 0 Å². The Morgan fingerprint density at radius 3 is 2.27 bits per heavy atom. The van der Waals surface area contributed by atoms with Crippen molar-refractivity contribution in [1.82, 2.24) is 4.90 Å². The van der Waals surface area contributed by atoms with Crippen molar-refractivity contribution >= 4 is 29.2 Å². The summed E-state index contributed by atoms with van der Waals surface area (Å²) in [6.45, 7) is 10.9. The number of Topliss-reactive ketones (excluding diaryl/α,β-unsaturated/α-hetero) is 3. The Kier molecular flexibility index (Phi) is 18.5. The third-order valence-corrected chi connectivity index (χ3v) is 14.9. The number of methoxy groups -OCH3 is 3. The molecule has 3 saturated heterocycles. The molecule has 0 radical (unpaired) electrons. The number of amides is 1. The molecular formula is C50H75NO13. The maximum Gasteiger partial charge on any atom is 0.329 e. The number of hydrogen-bond acceptors (Lipinski definition) is 13. The minimum atomic E-state index is -2.43. The summed E-state index contributed by atoms with van der Waals surface area (Å²) in [5.41, 5.74) is 1.28. The first-order valence-electron chi connectivity index (χ1n) is 23.5. The van der Waals surface area contributed by atoms with Crippen LogP contribution in [0.2, 0.25) is 0 Å². The number of aliphatic hydroxyl groups is 3. The number of ketones is 3. The molecular weight excluding hydrogens is 823 g/mol. The maximum absolute atomic E-state index is 14.4. The first kappa shape index (κ1) is 51.6. The standard InChI is InChI=1S/C50H75NO13/c1-28-14-11-10-12-15-29(2)40(60-7)26-35-19-17-33(6)50(59,64-35)47(56)48(57)51-21-13-16-36-37(24-34-18-20-38(52)42(25-34)61-8)41(63-49(58)43(36)51)27-39(53)30(3)23-32(5)45(55)46(62-9)44(54)31(4)22-28/h10-12,14-15,23,28,30-31,33-38,40-43,45-46,52,55,59H,13,16-22,24-27H2,1-9H3/b12-10+,14-11+,29-15?,32-23+/t28-,30-,31-,33-,34+,35+,36?,37+,38?,40+,41+,42-,43?,45-,46+,50-/m1/s1. The van der Waals surface area contributed by atoms with E-state index in [1.807, 2.05) is 51.2 Å². The Morgan fingerprint density at radius 2 is 1.58 bits per heavy atom. The van der Waals surface area contributed by atoms with Gasteiger partial charge in [0.1, 0.15) is 30.1 Å². The first-order chi connectivity index (χ1) is 30.3. The second-order valence-electron chi connectivity index (χ2n) is 19.5. The zero-order chi connectivity index (χ0) is 47.0. The predicted octanol–water partition coefficient (Wildman–Crippen LogP) is 5.40. The van der Waals surface area contributed by atoms with Gasteiger partial charge in [0.2, 0.25) is 5.79 Å². The van der Waals surface area contributed by atoms with E-state index in [1.54, 1.807) is 41.1 Å². The van der Waals surface area contributed by atoms with Crippen LogP contribution in [-0.2, 0) is 47.7 Å². The van der Waals surface area contributed by atoms with Crippen LogP contribution in [-0.4, -0.2) is 132 Å². The normalized spacial score (nSPS) is 42.3. The molecule has 14 nitrogen and oxygen atoms in total. The lowest BCUT2D eigenvalue weighted by Crippen LogP contribution is -2.65. The molecule has 1 saturated carbocycles. The van der Waals surface area contributed by atoms with Gasteiger partial charge in [-0.25, -0.2) is 4.79 Å². The van der Waals surface area contributed by atoms with E-state index < -0.39 is 95.7 Å². The second kappa shape index (κ2) is 22.9. The number of ether oxygens (including phenoxy) is 5. The molecule has 16 atom stereocenters. The van der Waals surface area contributed by atoms with E-state index in [2.05, 4.69) is 0 Å². The topological polar surface area (TPSA) is 195 Å². The Balaban J connectivity index is 1.51. The van der Waals surface area contributed by atoms with Crippen LogP contribution >= 0.6 is 0 Å². The number of nitrogens with zero attached hydrogens (tertiary/aromatic N) is 1. The van der Waals surface area contributed by atoms with Crippen molar-refractivity contribution < 1.29 is 63.0 Å². The van der Waals surface area contributed by atoms with Gasteiger partial charge in [-0.05, 0) is 101 Å². The van der Waals surface area contributed by atoms with E-state index in [1.165, 1.54) is 12.0 Å². The molecule has 14 heteroatoms. The first-order valence-corrected chi connectivity index (χ1v) is 23.5. The van der Waals surface area contributed by atoms with Crippen LogP contribution in [0.25, 0.3) is 0 Å². The Bertz CT molecular complexity index is 1790. The van der Waals surface area contributed by atoms with Crippen molar-refractivity contribution in [3.63, 3.8) is 0 Å². The predicted molar refractivity (Wildman–Crippen MR) is 238 cm³/mol. The molecule has 4 heterocycles. The van der Waals surface area contributed by atoms with Crippen molar-refractivity contribution in [1.29, 1.82) is 0 Å². The Morgan fingerprint density at radius 1 is 0.844 bits per heavy atom. The van der Waals surface area contributed by atoms with Crippen LogP contribution < -0.4 is 0 Å². The van der Waals surface area contributed by atoms with Crippen LogP contribution in [0.15, 0.2) is 47.6 Å². The molecule has 358 valence electrons. The number of aliphatic hydroxyl groups excluding tert-OH is 2. The summed E-state index contributed by atoms with van der Waals surface area (Å²) in [6.07, 6.45) is 10.8. The summed E-state index contributed by atoms with van der Waals surface area (Å²) in [4.78, 5) is 72.0. The van der Waals surface area contributed by atoms with Crippen LogP contribution in [0.1, 0.15) is 112 Å². The van der Waals surface area contributed by atoms with Gasteiger partial charge in [0, 0.05) is 64.4 Å². The molecule has 3 unspecified atom stereocenters. The van der Waals surface area contributed by atoms with Crippen molar-refractivity contribution in [2.24, 2.45) is 41.4 Å². The average molecular weight is 898 g/mol. The highest BCUT2D eigenvalue weighted by atomic mass is 16.6. The minimum absolute atomic E-state index is 0.0231. The quantitative estimate of drug-likeness (QED) is 0.181. The summed E-state index contributed by atoms with van der Waals surface area (Å²) in [5.74, 6) is -8.43. The fraction of sp³-hybridized carbons (Fsp3) is 0.740. The van der Waals surface area contributed by atoms with E-state index in [0.717, 1.165) is 5.57 Å². The summed E-state index contributed by atoms with van der Waals surface area (Å²) in [5, 5.41) is 34.1. The SMILES string of the molecule is CO[C@H]1C[C@@H]2CC[C@@H](C)[C@@](O)(O2)C(=O)C(=O)N2CCCC3C2C(=O)O[C@@H](CC(=O)[C@H](C)/C=C(\C)[C@@H](O)[C@@H](OC)C(=O)[C@H](C)C[C@H](C)/C=C/C=C/C=C1C)[C@H]3C[C@@H]1CCC(O)[C@H](OC)C1. The molecule has 0 aromatic rings. The van der Waals surface area contributed by atoms with Crippen molar-refractivity contribution in [2.75, 3.05) is 27.9 Å². The number of allylic oxidation sites excluding steroid dienone is 6. The monoisotopic (exact) mass is 898 g/mol. The van der Waals surface area contributed by atoms with Gasteiger partial charge in [-0.1, -0.05) is 64.2 Å². The van der Waals surface area contributed by atoms with E-state index >= 15 is 0 Å². The highest BCUT2D eigenvalue weighted by Gasteiger charge is 2.57. The van der Waals surface area contributed by atoms with Crippen molar-refractivity contribution in [2.45, 2.75) is 167 Å². The van der Waals surface area contributed by atoms with E-state index in [4.69, 9.17) is 23.7 Å². The van der Waals surface area contributed by atoms with Gasteiger partial charge in [0.25, 0.3) is 11.7 Å². The Labute approximate surface area is 379 Å². The fourth-order valence-electron chi connectivity index (χ4n) is 10.9. The number of piperidine rings is 1. The Hall–Kier alpha value is -3.37. The number of carbonyl (C=O) groups is 5. The maximum atomic E-state index is 14.4.